The number of rotatable bonds is 8. The van der Waals surface area contributed by atoms with Crippen LogP contribution >= 0.6 is 0 Å². The number of para-hydroxylation sites is 3. The number of nitrogens with zero attached hydrogens (tertiary/aromatic N) is 5. The Morgan fingerprint density at radius 2 is 0.588 bits per heavy atom. The normalized spacial score (nSPS) is 11.5. The molecular weight excluding hydrogens is 827 g/mol. The van der Waals surface area contributed by atoms with Crippen LogP contribution in [0, 0.1) is 0 Å². The van der Waals surface area contributed by atoms with E-state index in [0.717, 1.165) is 72.5 Å². The highest BCUT2D eigenvalue weighted by Crippen LogP contribution is 2.45. The van der Waals surface area contributed by atoms with E-state index < -0.39 is 0 Å². The van der Waals surface area contributed by atoms with Gasteiger partial charge in [0.25, 0.3) is 0 Å². The van der Waals surface area contributed by atoms with Crippen LogP contribution in [0.2, 0.25) is 0 Å². The molecule has 0 aliphatic carbocycles. The average molecular weight is 868 g/mol. The third-order valence-electron chi connectivity index (χ3n) is 13.2. The minimum Gasteiger partial charge on any atom is -0.309 e. The molecule has 0 amide bonds. The maximum absolute atomic E-state index is 5.31. The van der Waals surface area contributed by atoms with Gasteiger partial charge in [-0.15, -0.1) is 0 Å². The molecule has 0 aliphatic rings. The smallest absolute Gasteiger partial charge is 0.164 e. The SMILES string of the molecule is c1ccc(-c2ccc(-c3nc(-c4ccccc4)nc(-c4cc(-c5ccccc5)c(-n5c6ccccc6c6cc(-n7c8ccccc8c8ccccc87)ccc65)c(-c5ccccc5)c4)n3)cc2)cc1. The number of aromatic nitrogens is 5. The van der Waals surface area contributed by atoms with Crippen molar-refractivity contribution in [3.8, 4) is 78.9 Å². The Morgan fingerprint density at radius 1 is 0.235 bits per heavy atom. The summed E-state index contributed by atoms with van der Waals surface area (Å²) in [7, 11) is 0. The summed E-state index contributed by atoms with van der Waals surface area (Å²) in [6.45, 7) is 0. The van der Waals surface area contributed by atoms with Gasteiger partial charge in [-0.2, -0.15) is 0 Å². The van der Waals surface area contributed by atoms with E-state index in [4.69, 9.17) is 15.0 Å². The summed E-state index contributed by atoms with van der Waals surface area (Å²) in [5, 5.41) is 4.84. The largest absolute Gasteiger partial charge is 0.309 e. The first-order valence-electron chi connectivity index (χ1n) is 23.0. The Kier molecular flexibility index (Phi) is 9.43. The first-order chi connectivity index (χ1) is 33.7. The Labute approximate surface area is 393 Å². The van der Waals surface area contributed by atoms with E-state index in [2.05, 4.69) is 234 Å². The van der Waals surface area contributed by atoms with Crippen LogP contribution in [0.4, 0.5) is 0 Å². The molecule has 0 spiro atoms. The van der Waals surface area contributed by atoms with E-state index in [1.165, 1.54) is 32.6 Å². The van der Waals surface area contributed by atoms with E-state index in [9.17, 15) is 0 Å². The first kappa shape index (κ1) is 39.2. The molecule has 5 heteroatoms. The highest BCUT2D eigenvalue weighted by Gasteiger charge is 2.24. The lowest BCUT2D eigenvalue weighted by molar-refractivity contribution is 1.07. The fourth-order valence-electron chi connectivity index (χ4n) is 10.0. The number of benzene rings is 10. The molecule has 13 rings (SSSR count). The lowest BCUT2D eigenvalue weighted by atomic mass is 9.92. The van der Waals surface area contributed by atoms with Crippen LogP contribution in [0.3, 0.4) is 0 Å². The zero-order valence-electron chi connectivity index (χ0n) is 36.9. The van der Waals surface area contributed by atoms with Gasteiger partial charge in [-0.25, -0.2) is 15.0 Å². The minimum absolute atomic E-state index is 0.597. The van der Waals surface area contributed by atoms with E-state index in [1.807, 2.05) is 24.3 Å². The van der Waals surface area contributed by atoms with Crippen molar-refractivity contribution < 1.29 is 0 Å². The molecule has 0 aliphatic heterocycles. The fraction of sp³-hybridized carbons (Fsp3) is 0. The highest BCUT2D eigenvalue weighted by molar-refractivity contribution is 6.13. The van der Waals surface area contributed by atoms with Gasteiger partial charge >= 0.3 is 0 Å². The van der Waals surface area contributed by atoms with E-state index in [-0.39, 0.29) is 0 Å². The number of hydrogen-bond acceptors (Lipinski definition) is 3. The van der Waals surface area contributed by atoms with Crippen LogP contribution in [-0.2, 0) is 0 Å². The summed E-state index contributed by atoms with van der Waals surface area (Å²) in [6.07, 6.45) is 0. The molecule has 0 saturated carbocycles. The van der Waals surface area contributed by atoms with Crippen molar-refractivity contribution in [2.75, 3.05) is 0 Å². The van der Waals surface area contributed by atoms with Gasteiger partial charge in [0.2, 0.25) is 0 Å². The number of hydrogen-bond donors (Lipinski definition) is 0. The van der Waals surface area contributed by atoms with Crippen LogP contribution in [0.5, 0.6) is 0 Å². The van der Waals surface area contributed by atoms with Gasteiger partial charge in [0.05, 0.1) is 27.8 Å². The zero-order chi connectivity index (χ0) is 45.0. The van der Waals surface area contributed by atoms with Crippen LogP contribution < -0.4 is 0 Å². The lowest BCUT2D eigenvalue weighted by Crippen LogP contribution is -2.04. The average Bonchev–Trinajstić information content (AvgIpc) is 3.94. The van der Waals surface area contributed by atoms with Gasteiger partial charge in [-0.05, 0) is 70.8 Å². The molecule has 0 saturated heterocycles. The maximum atomic E-state index is 5.31. The van der Waals surface area contributed by atoms with Crippen molar-refractivity contribution in [2.24, 2.45) is 0 Å². The molecule has 0 N–H and O–H groups in total. The monoisotopic (exact) mass is 867 g/mol. The molecule has 0 atom stereocenters. The van der Waals surface area contributed by atoms with Crippen molar-refractivity contribution >= 4 is 43.6 Å². The van der Waals surface area contributed by atoms with Gasteiger partial charge in [-0.1, -0.05) is 200 Å². The molecule has 3 heterocycles. The molecule has 0 unspecified atom stereocenters. The molecule has 68 heavy (non-hydrogen) atoms. The van der Waals surface area contributed by atoms with Crippen LogP contribution in [-0.4, -0.2) is 24.1 Å². The third-order valence-corrected chi connectivity index (χ3v) is 13.2. The van der Waals surface area contributed by atoms with Gasteiger partial charge in [-0.3, -0.25) is 0 Å². The van der Waals surface area contributed by atoms with E-state index in [1.54, 1.807) is 0 Å². The van der Waals surface area contributed by atoms with Crippen molar-refractivity contribution in [2.45, 2.75) is 0 Å². The van der Waals surface area contributed by atoms with Gasteiger partial charge in [0, 0.05) is 55.0 Å². The predicted octanol–water partition coefficient (Wildman–Crippen LogP) is 16.1. The van der Waals surface area contributed by atoms with Gasteiger partial charge < -0.3 is 9.13 Å². The molecule has 318 valence electrons. The van der Waals surface area contributed by atoms with E-state index in [0.29, 0.717) is 17.5 Å². The molecule has 3 aromatic heterocycles. The summed E-state index contributed by atoms with van der Waals surface area (Å²) >= 11 is 0. The summed E-state index contributed by atoms with van der Waals surface area (Å²) < 4.78 is 4.87. The summed E-state index contributed by atoms with van der Waals surface area (Å²) in [5.41, 5.74) is 16.1. The molecule has 5 nitrogen and oxygen atoms in total. The highest BCUT2D eigenvalue weighted by atomic mass is 15.0. The Bertz CT molecular complexity index is 3870. The number of fused-ring (bicyclic) bond motifs is 6. The maximum Gasteiger partial charge on any atom is 0.164 e. The van der Waals surface area contributed by atoms with Crippen molar-refractivity contribution in [3.05, 3.63) is 249 Å². The second-order valence-corrected chi connectivity index (χ2v) is 17.2. The first-order valence-corrected chi connectivity index (χ1v) is 23.0. The molecule has 13 aromatic rings. The summed E-state index contributed by atoms with van der Waals surface area (Å²) in [5.74, 6) is 1.83. The summed E-state index contributed by atoms with van der Waals surface area (Å²) in [6, 6.07) is 88.3. The summed E-state index contributed by atoms with van der Waals surface area (Å²) in [4.78, 5) is 15.7. The van der Waals surface area contributed by atoms with Crippen molar-refractivity contribution in [1.29, 1.82) is 0 Å². The lowest BCUT2D eigenvalue weighted by Gasteiger charge is -2.21. The van der Waals surface area contributed by atoms with Crippen LogP contribution in [0.15, 0.2) is 249 Å². The standard InChI is InChI=1S/C63H41N5/c1-5-19-42(20-6-1)43-33-35-47(36-34-43)62-64-61(46-25-11-4-12-26-46)65-63(66-62)48-39-53(44-21-7-2-8-22-44)60(54(40-48)45-23-9-3-10-24-45)68-58-32-18-15-29-52(58)55-41-49(37-38-59(55)68)67-56-30-16-13-27-50(56)51-28-14-17-31-57(51)67/h1-41H. The Balaban J connectivity index is 1.07. The molecular formula is C63H41N5. The van der Waals surface area contributed by atoms with Crippen molar-refractivity contribution in [3.63, 3.8) is 0 Å². The van der Waals surface area contributed by atoms with Crippen LogP contribution in [0.1, 0.15) is 0 Å². The third kappa shape index (κ3) is 6.68. The fourth-order valence-corrected chi connectivity index (χ4v) is 10.0. The second kappa shape index (κ2) is 16.4. The Hall–Kier alpha value is -9.19. The van der Waals surface area contributed by atoms with Gasteiger partial charge in [0.1, 0.15) is 0 Å². The second-order valence-electron chi connectivity index (χ2n) is 17.2. The Morgan fingerprint density at radius 3 is 1.10 bits per heavy atom. The van der Waals surface area contributed by atoms with Crippen molar-refractivity contribution in [1.82, 2.24) is 24.1 Å². The zero-order valence-corrected chi connectivity index (χ0v) is 36.9. The molecule has 0 bridgehead atoms. The minimum atomic E-state index is 0.597. The predicted molar refractivity (Wildman–Crippen MR) is 281 cm³/mol. The topological polar surface area (TPSA) is 48.5 Å². The molecule has 0 radical (unpaired) electrons. The quantitative estimate of drug-likeness (QED) is 0.153. The van der Waals surface area contributed by atoms with Gasteiger partial charge in [0.15, 0.2) is 17.5 Å². The molecule has 10 aromatic carbocycles. The van der Waals surface area contributed by atoms with Crippen LogP contribution in [0.25, 0.3) is 123 Å². The molecule has 0 fully saturated rings. The van der Waals surface area contributed by atoms with E-state index >= 15 is 0 Å².